The molecule has 0 saturated heterocycles. The van der Waals surface area contributed by atoms with Crippen LogP contribution in [0.1, 0.15) is 29.4 Å². The van der Waals surface area contributed by atoms with Gasteiger partial charge in [-0.1, -0.05) is 6.92 Å². The third-order valence-electron chi connectivity index (χ3n) is 2.31. The zero-order valence-corrected chi connectivity index (χ0v) is 9.45. The largest absolute Gasteiger partial charge is 0.350 e. The first-order valence-corrected chi connectivity index (χ1v) is 5.08. The van der Waals surface area contributed by atoms with Gasteiger partial charge in [0.1, 0.15) is 0 Å². The smallest absolute Gasteiger partial charge is 0.254 e. The van der Waals surface area contributed by atoms with Gasteiger partial charge in [0.2, 0.25) is 0 Å². The second kappa shape index (κ2) is 4.93. The lowest BCUT2D eigenvalue weighted by Crippen LogP contribution is -2.36. The Morgan fingerprint density at radius 1 is 1.73 bits per heavy atom. The predicted molar refractivity (Wildman–Crippen MR) is 58.5 cm³/mol. The topological polar surface area (TPSA) is 72.9 Å². The normalized spacial score (nSPS) is 12.5. The van der Waals surface area contributed by atoms with Crippen LogP contribution in [0.3, 0.4) is 0 Å². The number of hydrogen-bond acceptors (Lipinski definition) is 3. The molecule has 0 spiro atoms. The number of nitrogens with one attached hydrogen (secondary N) is 1. The summed E-state index contributed by atoms with van der Waals surface area (Å²) >= 11 is 0. The van der Waals surface area contributed by atoms with Crippen molar-refractivity contribution in [2.45, 2.75) is 26.3 Å². The van der Waals surface area contributed by atoms with Crippen molar-refractivity contribution in [3.63, 3.8) is 0 Å². The highest BCUT2D eigenvalue weighted by Crippen LogP contribution is 2.03. The van der Waals surface area contributed by atoms with Crippen molar-refractivity contribution in [2.24, 2.45) is 12.8 Å². The molecule has 1 amide bonds. The Bertz CT molecular complexity index is 345. The number of nitrogens with zero attached hydrogens (tertiary/aromatic N) is 2. The first-order chi connectivity index (χ1) is 7.04. The van der Waals surface area contributed by atoms with Crippen molar-refractivity contribution in [3.05, 3.63) is 17.5 Å². The standard InChI is InChI=1S/C10H18N4O/c1-4-8(11)5-12-10(15)9-6-14(3)13-7(9)2/h6,8H,4-5,11H2,1-3H3,(H,12,15). The molecule has 0 aliphatic carbocycles. The summed E-state index contributed by atoms with van der Waals surface area (Å²) in [6.07, 6.45) is 2.56. The Morgan fingerprint density at radius 2 is 2.40 bits per heavy atom. The van der Waals surface area contributed by atoms with Gasteiger partial charge in [-0.05, 0) is 13.3 Å². The zero-order valence-electron chi connectivity index (χ0n) is 9.45. The molecule has 1 aromatic rings. The van der Waals surface area contributed by atoms with Gasteiger partial charge in [-0.2, -0.15) is 5.10 Å². The summed E-state index contributed by atoms with van der Waals surface area (Å²) < 4.78 is 1.63. The molecule has 0 fully saturated rings. The molecule has 5 heteroatoms. The average Bonchev–Trinajstić information content (AvgIpc) is 2.53. The minimum Gasteiger partial charge on any atom is -0.350 e. The van der Waals surface area contributed by atoms with E-state index in [2.05, 4.69) is 10.4 Å². The minimum absolute atomic E-state index is 0.0194. The predicted octanol–water partition coefficient (Wildman–Crippen LogP) is 0.196. The summed E-state index contributed by atoms with van der Waals surface area (Å²) in [5.41, 5.74) is 7.06. The summed E-state index contributed by atoms with van der Waals surface area (Å²) in [6, 6.07) is 0.0194. The van der Waals surface area contributed by atoms with Crippen LogP contribution in [0.5, 0.6) is 0 Å². The summed E-state index contributed by atoms with van der Waals surface area (Å²) in [4.78, 5) is 11.7. The molecule has 0 aromatic carbocycles. The van der Waals surface area contributed by atoms with E-state index in [-0.39, 0.29) is 11.9 Å². The van der Waals surface area contributed by atoms with E-state index >= 15 is 0 Å². The van der Waals surface area contributed by atoms with Crippen LogP contribution < -0.4 is 11.1 Å². The van der Waals surface area contributed by atoms with E-state index in [1.54, 1.807) is 17.9 Å². The van der Waals surface area contributed by atoms with Gasteiger partial charge in [0, 0.05) is 25.8 Å². The van der Waals surface area contributed by atoms with Gasteiger partial charge in [0.15, 0.2) is 0 Å². The summed E-state index contributed by atoms with van der Waals surface area (Å²) in [7, 11) is 1.79. The molecular weight excluding hydrogens is 192 g/mol. The molecule has 3 N–H and O–H groups in total. The first-order valence-electron chi connectivity index (χ1n) is 5.08. The van der Waals surface area contributed by atoms with Crippen molar-refractivity contribution in [1.82, 2.24) is 15.1 Å². The number of amides is 1. The fraction of sp³-hybridized carbons (Fsp3) is 0.600. The first kappa shape index (κ1) is 11.7. The number of carbonyl (C=O) groups is 1. The fourth-order valence-electron chi connectivity index (χ4n) is 1.29. The highest BCUT2D eigenvalue weighted by Gasteiger charge is 2.12. The maximum atomic E-state index is 11.7. The summed E-state index contributed by atoms with van der Waals surface area (Å²) in [6.45, 7) is 4.31. The minimum atomic E-state index is -0.107. The van der Waals surface area contributed by atoms with Crippen LogP contribution in [-0.2, 0) is 7.05 Å². The lowest BCUT2D eigenvalue weighted by atomic mass is 10.2. The van der Waals surface area contributed by atoms with Crippen LogP contribution in [0.25, 0.3) is 0 Å². The van der Waals surface area contributed by atoms with Crippen LogP contribution in [0.15, 0.2) is 6.20 Å². The van der Waals surface area contributed by atoms with Gasteiger partial charge in [-0.25, -0.2) is 0 Å². The maximum Gasteiger partial charge on any atom is 0.254 e. The second-order valence-corrected chi connectivity index (χ2v) is 3.68. The zero-order chi connectivity index (χ0) is 11.4. The van der Waals surface area contributed by atoms with E-state index in [1.165, 1.54) is 0 Å². The molecule has 1 heterocycles. The Kier molecular flexibility index (Phi) is 3.85. The summed E-state index contributed by atoms with van der Waals surface area (Å²) in [5, 5.41) is 6.89. The van der Waals surface area contributed by atoms with E-state index < -0.39 is 0 Å². The molecule has 1 unspecified atom stereocenters. The monoisotopic (exact) mass is 210 g/mol. The van der Waals surface area contributed by atoms with Crippen LogP contribution >= 0.6 is 0 Å². The Morgan fingerprint density at radius 3 is 2.87 bits per heavy atom. The van der Waals surface area contributed by atoms with Gasteiger partial charge in [0.05, 0.1) is 11.3 Å². The Balaban J connectivity index is 2.58. The fourth-order valence-corrected chi connectivity index (χ4v) is 1.29. The van der Waals surface area contributed by atoms with Gasteiger partial charge in [-0.15, -0.1) is 0 Å². The number of aromatic nitrogens is 2. The second-order valence-electron chi connectivity index (χ2n) is 3.68. The molecule has 1 rings (SSSR count). The van der Waals surface area contributed by atoms with Gasteiger partial charge < -0.3 is 11.1 Å². The summed E-state index contributed by atoms with van der Waals surface area (Å²) in [5.74, 6) is -0.107. The van der Waals surface area contributed by atoms with Crippen molar-refractivity contribution in [2.75, 3.05) is 6.54 Å². The molecule has 1 aromatic heterocycles. The quantitative estimate of drug-likeness (QED) is 0.745. The molecule has 84 valence electrons. The van der Waals surface area contributed by atoms with Crippen molar-refractivity contribution >= 4 is 5.91 Å². The van der Waals surface area contributed by atoms with E-state index in [1.807, 2.05) is 13.8 Å². The number of rotatable bonds is 4. The third kappa shape index (κ3) is 3.06. The molecule has 0 radical (unpaired) electrons. The van der Waals surface area contributed by atoms with Crippen molar-refractivity contribution in [3.8, 4) is 0 Å². The average molecular weight is 210 g/mol. The Hall–Kier alpha value is -1.36. The van der Waals surface area contributed by atoms with Crippen LogP contribution in [-0.4, -0.2) is 28.3 Å². The maximum absolute atomic E-state index is 11.7. The van der Waals surface area contributed by atoms with Gasteiger partial charge in [-0.3, -0.25) is 9.48 Å². The van der Waals surface area contributed by atoms with Gasteiger partial charge in [0.25, 0.3) is 5.91 Å². The van der Waals surface area contributed by atoms with Gasteiger partial charge >= 0.3 is 0 Å². The van der Waals surface area contributed by atoms with E-state index in [0.29, 0.717) is 12.1 Å². The SMILES string of the molecule is CCC(N)CNC(=O)c1cn(C)nc1C. The van der Waals surface area contributed by atoms with Crippen molar-refractivity contribution < 1.29 is 4.79 Å². The molecule has 5 nitrogen and oxygen atoms in total. The lowest BCUT2D eigenvalue weighted by molar-refractivity contribution is 0.0950. The van der Waals surface area contributed by atoms with E-state index in [9.17, 15) is 4.79 Å². The van der Waals surface area contributed by atoms with E-state index in [0.717, 1.165) is 12.1 Å². The molecule has 0 aliphatic heterocycles. The highest BCUT2D eigenvalue weighted by molar-refractivity contribution is 5.94. The lowest BCUT2D eigenvalue weighted by Gasteiger charge is -2.09. The molecule has 15 heavy (non-hydrogen) atoms. The number of carbonyl (C=O) groups excluding carboxylic acids is 1. The number of aryl methyl sites for hydroxylation is 2. The van der Waals surface area contributed by atoms with E-state index in [4.69, 9.17) is 5.73 Å². The number of hydrogen-bond donors (Lipinski definition) is 2. The molecule has 0 bridgehead atoms. The third-order valence-corrected chi connectivity index (χ3v) is 2.31. The number of nitrogens with two attached hydrogens (primary N) is 1. The molecular formula is C10H18N4O. The molecule has 1 atom stereocenters. The van der Waals surface area contributed by atoms with Crippen LogP contribution in [0, 0.1) is 6.92 Å². The van der Waals surface area contributed by atoms with Crippen molar-refractivity contribution in [1.29, 1.82) is 0 Å². The molecule has 0 saturated carbocycles. The Labute approximate surface area is 89.6 Å². The molecule has 0 aliphatic rings. The van der Waals surface area contributed by atoms with Crippen LogP contribution in [0.4, 0.5) is 0 Å². The highest BCUT2D eigenvalue weighted by atomic mass is 16.1. The van der Waals surface area contributed by atoms with Crippen LogP contribution in [0.2, 0.25) is 0 Å².